The van der Waals surface area contributed by atoms with Crippen LogP contribution >= 0.6 is 0 Å². The molecule has 3 aromatic rings. The Hall–Kier alpha value is -2.92. The summed E-state index contributed by atoms with van der Waals surface area (Å²) in [4.78, 5) is 21.6. The van der Waals surface area contributed by atoms with Crippen LogP contribution in [-0.2, 0) is 6.42 Å². The first-order valence-electron chi connectivity index (χ1n) is 9.83. The molecule has 1 amide bonds. The Labute approximate surface area is 165 Å². The molecule has 3 heterocycles. The molecule has 28 heavy (non-hydrogen) atoms. The van der Waals surface area contributed by atoms with Crippen LogP contribution in [0.2, 0.25) is 0 Å². The highest BCUT2D eigenvalue weighted by Gasteiger charge is 2.30. The van der Waals surface area contributed by atoms with Crippen LogP contribution in [0, 0.1) is 0 Å². The number of amides is 1. The zero-order valence-electron chi connectivity index (χ0n) is 15.9. The van der Waals surface area contributed by atoms with Gasteiger partial charge in [0.2, 0.25) is 0 Å². The standard InChI is InChI=1S/C23H25N3O2/c27-23(20-11-17-28-18-20)26(21-6-12-24-13-7-21)22-9-15-25(16-10-22)14-8-19-4-2-1-3-5-19/h1-7,11-13,17-18,22H,8-10,14-16H2. The van der Waals surface area contributed by atoms with Gasteiger partial charge in [0.25, 0.3) is 5.91 Å². The molecular weight excluding hydrogens is 350 g/mol. The van der Waals surface area contributed by atoms with Crippen molar-refractivity contribution in [1.29, 1.82) is 0 Å². The van der Waals surface area contributed by atoms with E-state index in [1.165, 1.54) is 11.8 Å². The van der Waals surface area contributed by atoms with Crippen LogP contribution in [0.1, 0.15) is 28.8 Å². The Bertz CT molecular complexity index is 857. The highest BCUT2D eigenvalue weighted by Crippen LogP contribution is 2.25. The van der Waals surface area contributed by atoms with Gasteiger partial charge in [-0.15, -0.1) is 0 Å². The lowest BCUT2D eigenvalue weighted by molar-refractivity contribution is 0.0959. The Morgan fingerprint density at radius 2 is 1.82 bits per heavy atom. The number of furan rings is 1. The third-order valence-corrected chi connectivity index (χ3v) is 5.41. The molecule has 0 bridgehead atoms. The monoisotopic (exact) mass is 375 g/mol. The number of likely N-dealkylation sites (tertiary alicyclic amines) is 1. The van der Waals surface area contributed by atoms with E-state index in [0.717, 1.165) is 44.6 Å². The molecule has 0 spiro atoms. The number of pyridine rings is 1. The normalized spacial score (nSPS) is 15.4. The predicted molar refractivity (Wildman–Crippen MR) is 109 cm³/mol. The summed E-state index contributed by atoms with van der Waals surface area (Å²) in [5.41, 5.74) is 2.85. The summed E-state index contributed by atoms with van der Waals surface area (Å²) in [5.74, 6) is -0.0114. The molecule has 1 saturated heterocycles. The number of aromatic nitrogens is 1. The largest absolute Gasteiger partial charge is 0.472 e. The fourth-order valence-electron chi connectivity index (χ4n) is 3.86. The van der Waals surface area contributed by atoms with Crippen molar-refractivity contribution < 1.29 is 9.21 Å². The molecule has 1 fully saturated rings. The van der Waals surface area contributed by atoms with E-state index in [1.807, 2.05) is 17.0 Å². The zero-order valence-corrected chi connectivity index (χ0v) is 15.9. The molecule has 0 radical (unpaired) electrons. The maximum atomic E-state index is 13.1. The molecule has 2 aromatic heterocycles. The second kappa shape index (κ2) is 8.85. The van der Waals surface area contributed by atoms with E-state index in [9.17, 15) is 4.79 Å². The lowest BCUT2D eigenvalue weighted by Gasteiger charge is -2.38. The number of anilines is 1. The molecule has 0 atom stereocenters. The lowest BCUT2D eigenvalue weighted by Crippen LogP contribution is -2.48. The SMILES string of the molecule is O=C(c1ccoc1)N(c1ccncc1)C1CCN(CCc2ccccc2)CC1. The van der Waals surface area contributed by atoms with E-state index >= 15 is 0 Å². The van der Waals surface area contributed by atoms with Crippen molar-refractivity contribution in [2.45, 2.75) is 25.3 Å². The first kappa shape index (κ1) is 18.4. The summed E-state index contributed by atoms with van der Waals surface area (Å²) in [6.07, 6.45) is 9.52. The highest BCUT2D eigenvalue weighted by molar-refractivity contribution is 6.06. The molecular formula is C23H25N3O2. The number of piperidine rings is 1. The maximum Gasteiger partial charge on any atom is 0.261 e. The second-order valence-corrected chi connectivity index (χ2v) is 7.20. The molecule has 0 aliphatic carbocycles. The van der Waals surface area contributed by atoms with E-state index < -0.39 is 0 Å². The summed E-state index contributed by atoms with van der Waals surface area (Å²) >= 11 is 0. The molecule has 0 N–H and O–H groups in total. The number of rotatable bonds is 6. The van der Waals surface area contributed by atoms with Crippen LogP contribution < -0.4 is 4.90 Å². The van der Waals surface area contributed by atoms with Gasteiger partial charge in [0.05, 0.1) is 11.8 Å². The molecule has 1 aliphatic rings. The number of hydrogen-bond acceptors (Lipinski definition) is 4. The average molecular weight is 375 g/mol. The van der Waals surface area contributed by atoms with Gasteiger partial charge >= 0.3 is 0 Å². The van der Waals surface area contributed by atoms with E-state index in [0.29, 0.717) is 5.56 Å². The second-order valence-electron chi connectivity index (χ2n) is 7.20. The van der Waals surface area contributed by atoms with Gasteiger partial charge in [-0.3, -0.25) is 9.78 Å². The number of carbonyl (C=O) groups is 1. The van der Waals surface area contributed by atoms with E-state index in [1.54, 1.807) is 24.7 Å². The molecule has 144 valence electrons. The minimum atomic E-state index is -0.0114. The smallest absolute Gasteiger partial charge is 0.261 e. The van der Waals surface area contributed by atoms with Gasteiger partial charge in [-0.25, -0.2) is 0 Å². The van der Waals surface area contributed by atoms with Gasteiger partial charge in [-0.05, 0) is 43.0 Å². The summed E-state index contributed by atoms with van der Waals surface area (Å²) in [6.45, 7) is 3.05. The molecule has 1 aliphatic heterocycles. The van der Waals surface area contributed by atoms with Crippen LogP contribution in [-0.4, -0.2) is 41.5 Å². The summed E-state index contributed by atoms with van der Waals surface area (Å²) in [5, 5.41) is 0. The molecule has 5 heteroatoms. The van der Waals surface area contributed by atoms with Crippen molar-refractivity contribution in [2.24, 2.45) is 0 Å². The van der Waals surface area contributed by atoms with Crippen LogP contribution in [0.15, 0.2) is 77.9 Å². The highest BCUT2D eigenvalue weighted by atomic mass is 16.3. The summed E-state index contributed by atoms with van der Waals surface area (Å²) in [7, 11) is 0. The summed E-state index contributed by atoms with van der Waals surface area (Å²) in [6, 6.07) is 16.3. The van der Waals surface area contributed by atoms with Crippen LogP contribution in [0.4, 0.5) is 5.69 Å². The van der Waals surface area contributed by atoms with Gasteiger partial charge in [0, 0.05) is 43.8 Å². The predicted octanol–water partition coefficient (Wildman–Crippen LogP) is 4.03. The van der Waals surface area contributed by atoms with Gasteiger partial charge < -0.3 is 14.2 Å². The first-order chi connectivity index (χ1) is 13.8. The van der Waals surface area contributed by atoms with E-state index in [4.69, 9.17) is 4.42 Å². The van der Waals surface area contributed by atoms with Crippen molar-refractivity contribution in [1.82, 2.24) is 9.88 Å². The Kier molecular flexibility index (Phi) is 5.83. The molecule has 0 saturated carbocycles. The number of benzene rings is 1. The fourth-order valence-corrected chi connectivity index (χ4v) is 3.86. The first-order valence-corrected chi connectivity index (χ1v) is 9.83. The van der Waals surface area contributed by atoms with E-state index in [2.05, 4.69) is 40.2 Å². The van der Waals surface area contributed by atoms with Crippen LogP contribution in [0.3, 0.4) is 0 Å². The van der Waals surface area contributed by atoms with Crippen molar-refractivity contribution in [3.8, 4) is 0 Å². The maximum absolute atomic E-state index is 13.1. The molecule has 4 rings (SSSR count). The van der Waals surface area contributed by atoms with Gasteiger partial charge in [-0.2, -0.15) is 0 Å². The third-order valence-electron chi connectivity index (χ3n) is 5.41. The van der Waals surface area contributed by atoms with Crippen LogP contribution in [0.5, 0.6) is 0 Å². The van der Waals surface area contributed by atoms with Crippen molar-refractivity contribution in [3.05, 3.63) is 84.6 Å². The van der Waals surface area contributed by atoms with Gasteiger partial charge in [0.1, 0.15) is 6.26 Å². The van der Waals surface area contributed by atoms with Gasteiger partial charge in [-0.1, -0.05) is 30.3 Å². The Morgan fingerprint density at radius 3 is 2.50 bits per heavy atom. The number of nitrogens with zero attached hydrogens (tertiary/aromatic N) is 3. The lowest BCUT2D eigenvalue weighted by atomic mass is 10.0. The fraction of sp³-hybridized carbons (Fsp3) is 0.304. The molecule has 0 unspecified atom stereocenters. The summed E-state index contributed by atoms with van der Waals surface area (Å²) < 4.78 is 5.13. The average Bonchev–Trinajstić information content (AvgIpc) is 3.30. The molecule has 5 nitrogen and oxygen atoms in total. The Balaban J connectivity index is 1.42. The minimum absolute atomic E-state index is 0.0114. The molecule has 1 aromatic carbocycles. The van der Waals surface area contributed by atoms with Crippen molar-refractivity contribution in [2.75, 3.05) is 24.5 Å². The van der Waals surface area contributed by atoms with Gasteiger partial charge in [0.15, 0.2) is 0 Å². The Morgan fingerprint density at radius 1 is 1.07 bits per heavy atom. The minimum Gasteiger partial charge on any atom is -0.472 e. The number of carbonyl (C=O) groups excluding carboxylic acids is 1. The quantitative estimate of drug-likeness (QED) is 0.653. The van der Waals surface area contributed by atoms with Crippen LogP contribution in [0.25, 0.3) is 0 Å². The third kappa shape index (κ3) is 4.31. The zero-order chi connectivity index (χ0) is 19.2. The number of hydrogen-bond donors (Lipinski definition) is 0. The van der Waals surface area contributed by atoms with Crippen molar-refractivity contribution >= 4 is 11.6 Å². The van der Waals surface area contributed by atoms with E-state index in [-0.39, 0.29) is 11.9 Å². The topological polar surface area (TPSA) is 49.6 Å². The van der Waals surface area contributed by atoms with Crippen molar-refractivity contribution in [3.63, 3.8) is 0 Å².